The average Bonchev–Trinajstić information content (AvgIpc) is 3.39. The van der Waals surface area contributed by atoms with Crippen molar-refractivity contribution in [3.63, 3.8) is 0 Å². The summed E-state index contributed by atoms with van der Waals surface area (Å²) in [5.41, 5.74) is -0.996. The largest absolute Gasteiger partial charge is 0.444 e. The van der Waals surface area contributed by atoms with Gasteiger partial charge in [0.05, 0.1) is 12.7 Å². The van der Waals surface area contributed by atoms with Crippen LogP contribution >= 0.6 is 0 Å². The highest BCUT2D eigenvalue weighted by Gasteiger charge is 2.35. The van der Waals surface area contributed by atoms with E-state index in [4.69, 9.17) is 9.47 Å². The van der Waals surface area contributed by atoms with Crippen LogP contribution in [0.4, 0.5) is 19.7 Å². The van der Waals surface area contributed by atoms with Gasteiger partial charge in [0.1, 0.15) is 29.4 Å². The predicted molar refractivity (Wildman–Crippen MR) is 168 cm³/mol. The lowest BCUT2D eigenvalue weighted by Crippen LogP contribution is -2.52. The van der Waals surface area contributed by atoms with Gasteiger partial charge < -0.3 is 19.3 Å². The smallest absolute Gasteiger partial charge is 0.410 e. The second kappa shape index (κ2) is 14.5. The van der Waals surface area contributed by atoms with Crippen molar-refractivity contribution < 1.29 is 44.9 Å². The van der Waals surface area contributed by atoms with Gasteiger partial charge in [0.15, 0.2) is 0 Å². The summed E-state index contributed by atoms with van der Waals surface area (Å²) >= 11 is 0. The minimum atomic E-state index is -3.80. The molecule has 0 aliphatic carbocycles. The van der Waals surface area contributed by atoms with Crippen LogP contribution in [0, 0.1) is 5.82 Å². The molecule has 0 bridgehead atoms. The Morgan fingerprint density at radius 2 is 1.28 bits per heavy atom. The highest BCUT2D eigenvalue weighted by Crippen LogP contribution is 2.17. The van der Waals surface area contributed by atoms with Gasteiger partial charge in [0.2, 0.25) is 0 Å². The molecule has 258 valence electrons. The number of nitrogens with zero attached hydrogens (tertiary/aromatic N) is 6. The predicted octanol–water partition coefficient (Wildman–Crippen LogP) is 1.99. The molecule has 1 aromatic carbocycles. The van der Waals surface area contributed by atoms with Gasteiger partial charge in [0, 0.05) is 52.4 Å². The lowest BCUT2D eigenvalue weighted by Gasteiger charge is -2.34. The van der Waals surface area contributed by atoms with Gasteiger partial charge in [-0.15, -0.1) is 3.97 Å². The molecule has 4 rings (SSSR count). The fourth-order valence-electron chi connectivity index (χ4n) is 4.33. The minimum Gasteiger partial charge on any atom is -0.444 e. The maximum Gasteiger partial charge on any atom is 0.410 e. The molecule has 0 saturated carbocycles. The monoisotopic (exact) mass is 690 g/mol. The molecule has 2 saturated heterocycles. The number of benzene rings is 1. The van der Waals surface area contributed by atoms with Crippen LogP contribution in [0.15, 0.2) is 43.0 Å². The summed E-state index contributed by atoms with van der Waals surface area (Å²) in [6.07, 6.45) is 3.79. The van der Waals surface area contributed by atoms with E-state index >= 15 is 0 Å². The van der Waals surface area contributed by atoms with Gasteiger partial charge in [0.25, 0.3) is 6.33 Å². The van der Waals surface area contributed by atoms with Crippen LogP contribution in [-0.2, 0) is 36.9 Å². The number of nitrogens with one attached hydrogen (secondary N) is 1. The summed E-state index contributed by atoms with van der Waals surface area (Å²) in [6.45, 7) is 12.6. The van der Waals surface area contributed by atoms with E-state index in [-0.39, 0.29) is 45.0 Å². The summed E-state index contributed by atoms with van der Waals surface area (Å²) < 4.78 is 81.0. The van der Waals surface area contributed by atoms with Gasteiger partial charge in [-0.25, -0.2) is 18.5 Å². The first-order valence-corrected chi connectivity index (χ1v) is 17.5. The molecule has 1 aromatic heterocycles. The van der Waals surface area contributed by atoms with E-state index in [1.165, 1.54) is 53.1 Å². The molecule has 2 aromatic rings. The Morgan fingerprint density at radius 3 is 1.70 bits per heavy atom. The van der Waals surface area contributed by atoms with Crippen LogP contribution in [-0.4, -0.2) is 115 Å². The molecule has 1 N–H and O–H groups in total. The zero-order valence-electron chi connectivity index (χ0n) is 27.3. The number of hydrogen-bond acceptors (Lipinski definition) is 8. The van der Waals surface area contributed by atoms with Gasteiger partial charge in [-0.3, -0.25) is 4.72 Å². The number of rotatable bonds is 5. The van der Waals surface area contributed by atoms with Crippen molar-refractivity contribution in [3.8, 4) is 0 Å². The van der Waals surface area contributed by atoms with E-state index in [0.717, 1.165) is 6.07 Å². The van der Waals surface area contributed by atoms with Gasteiger partial charge >= 0.3 is 32.6 Å². The third-order valence-electron chi connectivity index (χ3n) is 6.53. The molecular weight excluding hydrogens is 645 g/mol. The second-order valence-electron chi connectivity index (χ2n) is 12.8. The van der Waals surface area contributed by atoms with E-state index in [1.54, 1.807) is 59.4 Å². The van der Waals surface area contributed by atoms with Crippen molar-refractivity contribution in [3.05, 3.63) is 48.8 Å². The molecular formula is C28H45FN7O8S2+. The maximum atomic E-state index is 13.2. The Labute approximate surface area is 270 Å². The standard InChI is InChI=1S/C15H22FN3O4S.C13H23N4O4S/c1-15(2,3)23-14(20)18-7-9-19(10-8-18)24(21,22)17-13-6-4-5-12(16)11-13;1-13(2,3)21-12(18)15-6-9-16(10-7-15)22(19,20)17-8-5-14(4)11-17/h4-6,11,17H,7-10H2,1-3H3;5,8,11H,6-7,9-10H2,1-4H3/q;+1. The maximum absolute atomic E-state index is 13.2. The minimum absolute atomic E-state index is 0.143. The molecule has 0 unspecified atom stereocenters. The number of imidazole rings is 1. The molecule has 0 atom stereocenters. The first-order chi connectivity index (χ1) is 21.2. The Morgan fingerprint density at radius 1 is 0.804 bits per heavy atom. The molecule has 3 heterocycles. The first kappa shape index (κ1) is 37.0. The fourth-order valence-corrected chi connectivity index (χ4v) is 6.89. The third kappa shape index (κ3) is 10.8. The van der Waals surface area contributed by atoms with Gasteiger partial charge in [-0.2, -0.15) is 25.4 Å². The number of aromatic nitrogens is 2. The lowest BCUT2D eigenvalue weighted by molar-refractivity contribution is -0.670. The zero-order valence-corrected chi connectivity index (χ0v) is 29.0. The van der Waals surface area contributed by atoms with Crippen molar-refractivity contribution in [1.29, 1.82) is 0 Å². The van der Waals surface area contributed by atoms with E-state index in [9.17, 15) is 30.8 Å². The number of anilines is 1. The summed E-state index contributed by atoms with van der Waals surface area (Å²) in [6, 6.07) is 5.23. The molecule has 18 heteroatoms. The lowest BCUT2D eigenvalue weighted by atomic mass is 10.2. The molecule has 2 aliphatic heterocycles. The van der Waals surface area contributed by atoms with Crippen LogP contribution in [0.2, 0.25) is 0 Å². The summed E-state index contributed by atoms with van der Waals surface area (Å²) in [4.78, 5) is 27.0. The normalized spacial score (nSPS) is 17.1. The summed E-state index contributed by atoms with van der Waals surface area (Å²) in [5, 5.41) is 0. The van der Waals surface area contributed by atoms with Crippen molar-refractivity contribution in [2.75, 3.05) is 57.1 Å². The molecule has 46 heavy (non-hydrogen) atoms. The third-order valence-corrected chi connectivity index (χ3v) is 9.83. The van der Waals surface area contributed by atoms with E-state index in [2.05, 4.69) is 4.72 Å². The molecule has 2 aliphatic rings. The van der Waals surface area contributed by atoms with Crippen LogP contribution in [0.3, 0.4) is 0 Å². The number of aryl methyl sites for hydroxylation is 1. The number of ether oxygens (including phenoxy) is 2. The molecule has 0 radical (unpaired) electrons. The second-order valence-corrected chi connectivity index (χ2v) is 16.3. The topological polar surface area (TPSA) is 155 Å². The molecule has 2 fully saturated rings. The van der Waals surface area contributed by atoms with Crippen molar-refractivity contribution in [1.82, 2.24) is 22.4 Å². The van der Waals surface area contributed by atoms with Crippen LogP contribution in [0.5, 0.6) is 0 Å². The van der Waals surface area contributed by atoms with E-state index in [0.29, 0.717) is 13.1 Å². The highest BCUT2D eigenvalue weighted by atomic mass is 32.2. The number of amides is 2. The molecule has 2 amide bonds. The number of halogens is 1. The van der Waals surface area contributed by atoms with Crippen molar-refractivity contribution in [2.24, 2.45) is 7.05 Å². The Bertz CT molecular complexity index is 1570. The van der Waals surface area contributed by atoms with E-state index in [1.807, 2.05) is 0 Å². The van der Waals surface area contributed by atoms with Gasteiger partial charge in [-0.05, 0) is 59.7 Å². The Kier molecular flexibility index (Phi) is 11.7. The van der Waals surface area contributed by atoms with Crippen molar-refractivity contribution >= 4 is 38.3 Å². The number of hydrogen-bond donors (Lipinski definition) is 1. The van der Waals surface area contributed by atoms with Gasteiger partial charge in [-0.1, -0.05) is 6.07 Å². The van der Waals surface area contributed by atoms with Crippen LogP contribution in [0.1, 0.15) is 41.5 Å². The highest BCUT2D eigenvalue weighted by molar-refractivity contribution is 7.90. The number of carbonyl (C=O) groups excluding carboxylic acids is 2. The average molecular weight is 691 g/mol. The number of carbonyl (C=O) groups is 2. The fraction of sp³-hybridized carbons (Fsp3) is 0.607. The SMILES string of the molecule is CC(C)(C)OC(=O)N1CCN(S(=O)(=O)Nc2cccc(F)c2)CC1.C[n+]1ccn(S(=O)(=O)N2CCN(C(=O)OC(C)(C)C)CC2)c1. The van der Waals surface area contributed by atoms with Crippen LogP contribution in [0.25, 0.3) is 0 Å². The van der Waals surface area contributed by atoms with E-state index < -0.39 is 49.6 Å². The molecule has 0 spiro atoms. The number of piperazine rings is 2. The zero-order chi connectivity index (χ0) is 34.5. The Balaban J connectivity index is 0.000000251. The summed E-state index contributed by atoms with van der Waals surface area (Å²) in [7, 11) is -5.62. The Hall–Kier alpha value is -3.48. The quantitative estimate of drug-likeness (QED) is 0.468. The molecule has 15 nitrogen and oxygen atoms in total. The van der Waals surface area contributed by atoms with Crippen LogP contribution < -0.4 is 9.29 Å². The summed E-state index contributed by atoms with van der Waals surface area (Å²) in [5.74, 6) is -0.523. The first-order valence-electron chi connectivity index (χ1n) is 14.7. The van der Waals surface area contributed by atoms with Crippen molar-refractivity contribution in [2.45, 2.75) is 52.7 Å².